The molecular formula is C15H22N2O4S. The number of rotatable bonds is 6. The van der Waals surface area contributed by atoms with E-state index in [1.54, 1.807) is 18.2 Å². The molecule has 122 valence electrons. The summed E-state index contributed by atoms with van der Waals surface area (Å²) in [5.41, 5.74) is -0.377. The Kier molecular flexibility index (Phi) is 6.11. The van der Waals surface area contributed by atoms with Gasteiger partial charge in [-0.3, -0.25) is 9.59 Å². The predicted molar refractivity (Wildman–Crippen MR) is 84.0 cm³/mol. The second-order valence-electron chi connectivity index (χ2n) is 5.96. The molecule has 2 amide bonds. The summed E-state index contributed by atoms with van der Waals surface area (Å²) in [6.07, 6.45) is -0.181. The minimum absolute atomic E-state index is 0.165. The number of carbonyl (C=O) groups is 2. The summed E-state index contributed by atoms with van der Waals surface area (Å²) in [5, 5.41) is 5.11. The molecule has 0 heterocycles. The highest BCUT2D eigenvalue weighted by Gasteiger charge is 2.17. The van der Waals surface area contributed by atoms with Crippen molar-refractivity contribution in [2.45, 2.75) is 37.6 Å². The maximum absolute atomic E-state index is 12.0. The molecule has 0 radical (unpaired) electrons. The average molecular weight is 326 g/mol. The standard InChI is InChI=1S/C15H22N2O4S/c1-15(2,3)17-14(19)11-16-13(18)9-10-22(20,21)12-7-5-4-6-8-12/h4-8H,9-11H2,1-3H3,(H,16,18)(H,17,19). The van der Waals surface area contributed by atoms with E-state index in [2.05, 4.69) is 10.6 Å². The normalized spacial score (nSPS) is 11.8. The van der Waals surface area contributed by atoms with Crippen LogP contribution in [0.15, 0.2) is 35.2 Å². The zero-order valence-electron chi connectivity index (χ0n) is 13.0. The molecule has 2 N–H and O–H groups in total. The van der Waals surface area contributed by atoms with Crippen molar-refractivity contribution in [3.05, 3.63) is 30.3 Å². The van der Waals surface area contributed by atoms with Crippen LogP contribution in [0, 0.1) is 0 Å². The quantitative estimate of drug-likeness (QED) is 0.812. The fourth-order valence-electron chi connectivity index (χ4n) is 1.70. The highest BCUT2D eigenvalue weighted by Crippen LogP contribution is 2.10. The molecule has 0 unspecified atom stereocenters. The van der Waals surface area contributed by atoms with Crippen molar-refractivity contribution < 1.29 is 18.0 Å². The maximum Gasteiger partial charge on any atom is 0.239 e. The Morgan fingerprint density at radius 2 is 1.64 bits per heavy atom. The van der Waals surface area contributed by atoms with Gasteiger partial charge in [0.05, 0.1) is 17.2 Å². The second-order valence-corrected chi connectivity index (χ2v) is 8.07. The van der Waals surface area contributed by atoms with Crippen molar-refractivity contribution in [2.75, 3.05) is 12.3 Å². The molecule has 0 spiro atoms. The first-order valence-corrected chi connectivity index (χ1v) is 8.61. The van der Waals surface area contributed by atoms with Gasteiger partial charge >= 0.3 is 0 Å². The summed E-state index contributed by atoms with van der Waals surface area (Å²) in [6.45, 7) is 5.33. The van der Waals surface area contributed by atoms with Gasteiger partial charge in [0.1, 0.15) is 0 Å². The van der Waals surface area contributed by atoms with Gasteiger partial charge in [-0.2, -0.15) is 0 Å². The zero-order valence-corrected chi connectivity index (χ0v) is 13.9. The highest BCUT2D eigenvalue weighted by molar-refractivity contribution is 7.91. The Labute approximate surface area is 131 Å². The number of carbonyl (C=O) groups excluding carboxylic acids is 2. The molecule has 0 aliphatic heterocycles. The van der Waals surface area contributed by atoms with Gasteiger partial charge in [0, 0.05) is 12.0 Å². The minimum Gasteiger partial charge on any atom is -0.350 e. The van der Waals surface area contributed by atoms with Gasteiger partial charge in [-0.15, -0.1) is 0 Å². The van der Waals surface area contributed by atoms with Crippen molar-refractivity contribution in [2.24, 2.45) is 0 Å². The molecule has 0 aromatic heterocycles. The first-order valence-electron chi connectivity index (χ1n) is 6.96. The third-order valence-electron chi connectivity index (χ3n) is 2.66. The minimum atomic E-state index is -3.48. The lowest BCUT2D eigenvalue weighted by molar-refractivity contribution is -0.126. The molecular weight excluding hydrogens is 304 g/mol. The number of hydrogen-bond acceptors (Lipinski definition) is 4. The van der Waals surface area contributed by atoms with Crippen LogP contribution in [0.2, 0.25) is 0 Å². The van der Waals surface area contributed by atoms with Gasteiger partial charge in [0.15, 0.2) is 9.84 Å². The SMILES string of the molecule is CC(C)(C)NC(=O)CNC(=O)CCS(=O)(=O)c1ccccc1. The van der Waals surface area contributed by atoms with Crippen molar-refractivity contribution in [3.63, 3.8) is 0 Å². The summed E-state index contributed by atoms with van der Waals surface area (Å²) in [7, 11) is -3.48. The number of nitrogens with one attached hydrogen (secondary N) is 2. The highest BCUT2D eigenvalue weighted by atomic mass is 32.2. The molecule has 1 aromatic carbocycles. The Bertz CT molecular complexity index is 619. The fourth-order valence-corrected chi connectivity index (χ4v) is 2.96. The molecule has 1 aromatic rings. The topological polar surface area (TPSA) is 92.3 Å². The first kappa shape index (κ1) is 18.2. The number of benzene rings is 1. The molecule has 0 atom stereocenters. The monoisotopic (exact) mass is 326 g/mol. The first-order chi connectivity index (χ1) is 10.1. The van der Waals surface area contributed by atoms with E-state index in [-0.39, 0.29) is 35.1 Å². The molecule has 0 bridgehead atoms. The number of sulfone groups is 1. The van der Waals surface area contributed by atoms with E-state index in [9.17, 15) is 18.0 Å². The summed E-state index contributed by atoms with van der Waals surface area (Å²) < 4.78 is 24.0. The zero-order chi connectivity index (χ0) is 16.8. The van der Waals surface area contributed by atoms with E-state index in [1.165, 1.54) is 12.1 Å². The van der Waals surface area contributed by atoms with Gasteiger partial charge in [-0.1, -0.05) is 18.2 Å². The van der Waals surface area contributed by atoms with Crippen LogP contribution in [0.3, 0.4) is 0 Å². The van der Waals surface area contributed by atoms with Gasteiger partial charge < -0.3 is 10.6 Å². The van der Waals surface area contributed by atoms with Crippen molar-refractivity contribution in [1.29, 1.82) is 0 Å². The van der Waals surface area contributed by atoms with E-state index in [0.717, 1.165) is 0 Å². The summed E-state index contributed by atoms with van der Waals surface area (Å²) in [4.78, 5) is 23.4. The summed E-state index contributed by atoms with van der Waals surface area (Å²) in [6, 6.07) is 7.96. The maximum atomic E-state index is 12.0. The molecule has 6 nitrogen and oxygen atoms in total. The molecule has 0 aliphatic carbocycles. The third kappa shape index (κ3) is 6.71. The van der Waals surface area contributed by atoms with Gasteiger partial charge in [0.25, 0.3) is 0 Å². The molecule has 22 heavy (non-hydrogen) atoms. The lowest BCUT2D eigenvalue weighted by Crippen LogP contribution is -2.46. The van der Waals surface area contributed by atoms with E-state index >= 15 is 0 Å². The van der Waals surface area contributed by atoms with Crippen LogP contribution in [0.4, 0.5) is 0 Å². The molecule has 0 saturated heterocycles. The number of hydrogen-bond donors (Lipinski definition) is 2. The molecule has 0 fully saturated rings. The van der Waals surface area contributed by atoms with Gasteiger partial charge in [0.2, 0.25) is 11.8 Å². The second kappa shape index (κ2) is 7.40. The lowest BCUT2D eigenvalue weighted by atomic mass is 10.1. The van der Waals surface area contributed by atoms with E-state index in [4.69, 9.17) is 0 Å². The molecule has 0 aliphatic rings. The van der Waals surface area contributed by atoms with Crippen LogP contribution in [0.25, 0.3) is 0 Å². The lowest BCUT2D eigenvalue weighted by Gasteiger charge is -2.20. The van der Waals surface area contributed by atoms with Crippen LogP contribution in [-0.4, -0.2) is 38.1 Å². The van der Waals surface area contributed by atoms with Gasteiger partial charge in [-0.05, 0) is 32.9 Å². The molecule has 7 heteroatoms. The van der Waals surface area contributed by atoms with Crippen LogP contribution in [0.5, 0.6) is 0 Å². The Morgan fingerprint density at radius 1 is 1.05 bits per heavy atom. The average Bonchev–Trinajstić information content (AvgIpc) is 2.42. The smallest absolute Gasteiger partial charge is 0.239 e. The van der Waals surface area contributed by atoms with Crippen LogP contribution >= 0.6 is 0 Å². The van der Waals surface area contributed by atoms with Crippen LogP contribution in [0.1, 0.15) is 27.2 Å². The molecule has 0 saturated carbocycles. The van der Waals surface area contributed by atoms with E-state index in [0.29, 0.717) is 0 Å². The number of amides is 2. The predicted octanol–water partition coefficient (Wildman–Crippen LogP) is 0.881. The van der Waals surface area contributed by atoms with Crippen molar-refractivity contribution in [3.8, 4) is 0 Å². The van der Waals surface area contributed by atoms with E-state index < -0.39 is 15.7 Å². The van der Waals surface area contributed by atoms with E-state index in [1.807, 2.05) is 20.8 Å². The Hall–Kier alpha value is -1.89. The van der Waals surface area contributed by atoms with Crippen LogP contribution in [-0.2, 0) is 19.4 Å². The van der Waals surface area contributed by atoms with Crippen molar-refractivity contribution in [1.82, 2.24) is 10.6 Å². The fraction of sp³-hybridized carbons (Fsp3) is 0.467. The van der Waals surface area contributed by atoms with Crippen LogP contribution < -0.4 is 10.6 Å². The Morgan fingerprint density at radius 3 is 2.18 bits per heavy atom. The summed E-state index contributed by atoms with van der Waals surface area (Å²) in [5.74, 6) is -1.07. The third-order valence-corrected chi connectivity index (χ3v) is 4.39. The summed E-state index contributed by atoms with van der Waals surface area (Å²) >= 11 is 0. The molecule has 1 rings (SSSR count). The Balaban J connectivity index is 2.42. The van der Waals surface area contributed by atoms with Crippen molar-refractivity contribution >= 4 is 21.7 Å². The van der Waals surface area contributed by atoms with Gasteiger partial charge in [-0.25, -0.2) is 8.42 Å². The largest absolute Gasteiger partial charge is 0.350 e.